The van der Waals surface area contributed by atoms with Gasteiger partial charge in [-0.15, -0.1) is 0 Å². The van der Waals surface area contributed by atoms with Crippen LogP contribution in [0.25, 0.3) is 0 Å². The fourth-order valence-electron chi connectivity index (χ4n) is 2.51. The molecule has 0 radical (unpaired) electrons. The molecular weight excluding hydrogens is 212 g/mol. The van der Waals surface area contributed by atoms with Gasteiger partial charge in [0.25, 0.3) is 0 Å². The number of hydrogen-bond acceptors (Lipinski definition) is 3. The Kier molecular flexibility index (Phi) is 4.18. The van der Waals surface area contributed by atoms with Crippen LogP contribution in [0.3, 0.4) is 0 Å². The Balaban J connectivity index is 2.10. The molecule has 0 atom stereocenters. The van der Waals surface area contributed by atoms with E-state index in [1.54, 1.807) is 0 Å². The number of aromatic nitrogens is 2. The van der Waals surface area contributed by atoms with Gasteiger partial charge in [0.1, 0.15) is 5.82 Å². The summed E-state index contributed by atoms with van der Waals surface area (Å²) in [6, 6.07) is 0. The molecule has 2 rings (SSSR count). The number of imidazole rings is 1. The zero-order valence-electron chi connectivity index (χ0n) is 11.3. The quantitative estimate of drug-likeness (QED) is 0.829. The Hall–Kier alpha value is -0.870. The molecule has 4 nitrogen and oxygen atoms in total. The molecule has 0 spiro atoms. The van der Waals surface area contributed by atoms with E-state index in [0.717, 1.165) is 39.0 Å². The summed E-state index contributed by atoms with van der Waals surface area (Å²) in [7, 11) is 4.27. The van der Waals surface area contributed by atoms with Gasteiger partial charge in [-0.3, -0.25) is 0 Å². The minimum atomic E-state index is 0.947. The molecule has 0 bridgehead atoms. The molecular formula is C13H24N4. The topological polar surface area (TPSA) is 33.1 Å². The van der Waals surface area contributed by atoms with Crippen molar-refractivity contribution >= 4 is 0 Å². The SMILES string of the molecule is CCc1nc2c(n1CCCN(C)C)CCNC2. The maximum absolute atomic E-state index is 4.75. The van der Waals surface area contributed by atoms with E-state index in [2.05, 4.69) is 35.8 Å². The highest BCUT2D eigenvalue weighted by Gasteiger charge is 2.18. The van der Waals surface area contributed by atoms with Crippen molar-refractivity contribution in [1.82, 2.24) is 19.8 Å². The molecule has 1 aliphatic rings. The van der Waals surface area contributed by atoms with Gasteiger partial charge >= 0.3 is 0 Å². The third kappa shape index (κ3) is 2.87. The highest BCUT2D eigenvalue weighted by molar-refractivity contribution is 5.20. The average molecular weight is 236 g/mol. The van der Waals surface area contributed by atoms with Crippen LogP contribution < -0.4 is 5.32 Å². The van der Waals surface area contributed by atoms with Gasteiger partial charge in [0, 0.05) is 38.2 Å². The highest BCUT2D eigenvalue weighted by atomic mass is 15.1. The molecule has 0 fully saturated rings. The lowest BCUT2D eigenvalue weighted by atomic mass is 10.2. The van der Waals surface area contributed by atoms with Crippen molar-refractivity contribution in [1.29, 1.82) is 0 Å². The number of nitrogens with one attached hydrogen (secondary N) is 1. The van der Waals surface area contributed by atoms with Gasteiger partial charge in [0.2, 0.25) is 0 Å². The van der Waals surface area contributed by atoms with Crippen molar-refractivity contribution in [3.63, 3.8) is 0 Å². The molecule has 17 heavy (non-hydrogen) atoms. The Morgan fingerprint density at radius 1 is 1.41 bits per heavy atom. The molecule has 1 aromatic rings. The molecule has 4 heteroatoms. The number of aryl methyl sites for hydroxylation is 1. The van der Waals surface area contributed by atoms with E-state index >= 15 is 0 Å². The van der Waals surface area contributed by atoms with Crippen molar-refractivity contribution in [2.75, 3.05) is 27.2 Å². The van der Waals surface area contributed by atoms with E-state index in [4.69, 9.17) is 4.98 Å². The van der Waals surface area contributed by atoms with E-state index in [0.29, 0.717) is 0 Å². The first kappa shape index (κ1) is 12.6. The van der Waals surface area contributed by atoms with Crippen LogP contribution in [0.1, 0.15) is 30.6 Å². The molecule has 0 saturated carbocycles. The Labute approximate surface area is 104 Å². The Morgan fingerprint density at radius 3 is 2.94 bits per heavy atom. The monoisotopic (exact) mass is 236 g/mol. The summed E-state index contributed by atoms with van der Waals surface area (Å²) in [5, 5.41) is 3.40. The van der Waals surface area contributed by atoms with Crippen LogP contribution in [-0.2, 0) is 25.9 Å². The van der Waals surface area contributed by atoms with Gasteiger partial charge in [-0.05, 0) is 27.1 Å². The van der Waals surface area contributed by atoms with Crippen molar-refractivity contribution in [3.8, 4) is 0 Å². The molecule has 1 aliphatic heterocycles. The summed E-state index contributed by atoms with van der Waals surface area (Å²) >= 11 is 0. The fourth-order valence-corrected chi connectivity index (χ4v) is 2.51. The molecule has 2 heterocycles. The molecule has 96 valence electrons. The lowest BCUT2D eigenvalue weighted by molar-refractivity contribution is 0.382. The normalized spacial score (nSPS) is 15.3. The number of fused-ring (bicyclic) bond motifs is 1. The van der Waals surface area contributed by atoms with Crippen LogP contribution in [0.2, 0.25) is 0 Å². The van der Waals surface area contributed by atoms with Gasteiger partial charge in [-0.25, -0.2) is 4.98 Å². The Morgan fingerprint density at radius 2 is 2.24 bits per heavy atom. The number of hydrogen-bond donors (Lipinski definition) is 1. The molecule has 0 saturated heterocycles. The van der Waals surface area contributed by atoms with Crippen LogP contribution in [-0.4, -0.2) is 41.6 Å². The second-order valence-electron chi connectivity index (χ2n) is 5.01. The zero-order chi connectivity index (χ0) is 12.3. The number of nitrogens with zero attached hydrogens (tertiary/aromatic N) is 3. The first-order valence-corrected chi connectivity index (χ1v) is 6.65. The zero-order valence-corrected chi connectivity index (χ0v) is 11.3. The minimum absolute atomic E-state index is 0.947. The first-order chi connectivity index (χ1) is 8.22. The molecule has 1 aromatic heterocycles. The largest absolute Gasteiger partial charge is 0.332 e. The van der Waals surface area contributed by atoms with Crippen molar-refractivity contribution in [2.45, 2.75) is 39.3 Å². The average Bonchev–Trinajstić information content (AvgIpc) is 2.67. The van der Waals surface area contributed by atoms with Crippen LogP contribution >= 0.6 is 0 Å². The summed E-state index contributed by atoms with van der Waals surface area (Å²) in [6.07, 6.45) is 3.37. The van der Waals surface area contributed by atoms with Gasteiger partial charge in [0.05, 0.1) is 5.69 Å². The third-order valence-electron chi connectivity index (χ3n) is 3.37. The van der Waals surface area contributed by atoms with Crippen LogP contribution in [0.15, 0.2) is 0 Å². The Bertz CT molecular complexity index is 368. The minimum Gasteiger partial charge on any atom is -0.332 e. The van der Waals surface area contributed by atoms with Crippen molar-refractivity contribution < 1.29 is 0 Å². The molecule has 1 N–H and O–H groups in total. The lowest BCUT2D eigenvalue weighted by Crippen LogP contribution is -2.25. The van der Waals surface area contributed by atoms with Crippen molar-refractivity contribution in [2.24, 2.45) is 0 Å². The van der Waals surface area contributed by atoms with E-state index in [1.165, 1.54) is 23.6 Å². The highest BCUT2D eigenvalue weighted by Crippen LogP contribution is 2.17. The van der Waals surface area contributed by atoms with Crippen LogP contribution in [0, 0.1) is 0 Å². The summed E-state index contributed by atoms with van der Waals surface area (Å²) in [5.74, 6) is 1.26. The van der Waals surface area contributed by atoms with Gasteiger partial charge in [-0.1, -0.05) is 6.92 Å². The van der Waals surface area contributed by atoms with Crippen molar-refractivity contribution in [3.05, 3.63) is 17.2 Å². The third-order valence-corrected chi connectivity index (χ3v) is 3.37. The number of rotatable bonds is 5. The van der Waals surface area contributed by atoms with Gasteiger partial charge < -0.3 is 14.8 Å². The molecule has 0 unspecified atom stereocenters. The summed E-state index contributed by atoms with van der Waals surface area (Å²) in [4.78, 5) is 7.00. The summed E-state index contributed by atoms with van der Waals surface area (Å²) in [6.45, 7) is 6.50. The summed E-state index contributed by atoms with van der Waals surface area (Å²) in [5.41, 5.74) is 2.75. The predicted molar refractivity (Wildman–Crippen MR) is 70.2 cm³/mol. The van der Waals surface area contributed by atoms with E-state index in [9.17, 15) is 0 Å². The fraction of sp³-hybridized carbons (Fsp3) is 0.769. The smallest absolute Gasteiger partial charge is 0.108 e. The second kappa shape index (κ2) is 5.65. The molecule has 0 aliphatic carbocycles. The first-order valence-electron chi connectivity index (χ1n) is 6.65. The maximum Gasteiger partial charge on any atom is 0.108 e. The lowest BCUT2D eigenvalue weighted by Gasteiger charge is -2.17. The standard InChI is InChI=1S/C13H24N4/c1-4-13-15-11-10-14-7-6-12(11)17(13)9-5-8-16(2)3/h14H,4-10H2,1-3H3. The second-order valence-corrected chi connectivity index (χ2v) is 5.01. The van der Waals surface area contributed by atoms with E-state index in [1.807, 2.05) is 0 Å². The van der Waals surface area contributed by atoms with Gasteiger partial charge in [-0.2, -0.15) is 0 Å². The van der Waals surface area contributed by atoms with E-state index < -0.39 is 0 Å². The molecule has 0 aromatic carbocycles. The summed E-state index contributed by atoms with van der Waals surface area (Å²) < 4.78 is 2.46. The van der Waals surface area contributed by atoms with Crippen LogP contribution in [0.4, 0.5) is 0 Å². The predicted octanol–water partition coefficient (Wildman–Crippen LogP) is 1.04. The molecule has 0 amide bonds. The maximum atomic E-state index is 4.75. The van der Waals surface area contributed by atoms with E-state index in [-0.39, 0.29) is 0 Å². The van der Waals surface area contributed by atoms with Crippen LogP contribution in [0.5, 0.6) is 0 Å². The van der Waals surface area contributed by atoms with Gasteiger partial charge in [0.15, 0.2) is 0 Å².